The van der Waals surface area contributed by atoms with Crippen molar-refractivity contribution in [3.63, 3.8) is 0 Å². The molecule has 0 amide bonds. The molecule has 0 aromatic heterocycles. The quantitative estimate of drug-likeness (QED) is 0.569. The Kier molecular flexibility index (Phi) is 11.6. The first-order valence-electron chi connectivity index (χ1n) is 6.30. The molecule has 0 N–H and O–H groups in total. The monoisotopic (exact) mass is 320 g/mol. The summed E-state index contributed by atoms with van der Waals surface area (Å²) >= 11 is 0. The smallest absolute Gasteiger partial charge is 0.661 e. The van der Waals surface area contributed by atoms with Crippen molar-refractivity contribution in [2.24, 2.45) is 0 Å². The molecule has 0 saturated heterocycles. The third-order valence-electron chi connectivity index (χ3n) is 1.59. The molecule has 0 unspecified atom stereocenters. The normalized spacial score (nSPS) is 13.6. The SMILES string of the molecule is C[Si](C)(C)[N-][Si](C)([N-][Si](C)(C)C)O[Si](C)(C)C.[Li+].[Li+]. The van der Waals surface area contributed by atoms with Gasteiger partial charge >= 0.3 is 37.7 Å². The molecule has 0 spiro atoms. The van der Waals surface area contributed by atoms with E-state index >= 15 is 0 Å². The molecular weight excluding hydrogens is 290 g/mol. The van der Waals surface area contributed by atoms with Crippen LogP contribution in [0.5, 0.6) is 0 Å². The average Bonchev–Trinajstić information content (AvgIpc) is 1.65. The van der Waals surface area contributed by atoms with Crippen LogP contribution < -0.4 is 37.7 Å². The van der Waals surface area contributed by atoms with E-state index < -0.39 is 33.4 Å². The minimum Gasteiger partial charge on any atom is -0.661 e. The summed E-state index contributed by atoms with van der Waals surface area (Å²) in [6.07, 6.45) is 0. The van der Waals surface area contributed by atoms with Crippen molar-refractivity contribution in [3.8, 4) is 0 Å². The van der Waals surface area contributed by atoms with Crippen LogP contribution >= 0.6 is 0 Å². The van der Waals surface area contributed by atoms with Crippen LogP contribution in [-0.4, -0.2) is 33.4 Å². The molecule has 0 aliphatic heterocycles. The predicted molar refractivity (Wildman–Crippen MR) is 89.5 cm³/mol. The summed E-state index contributed by atoms with van der Waals surface area (Å²) in [5.74, 6) is 0. The van der Waals surface area contributed by atoms with Gasteiger partial charge in [0.25, 0.3) is 0 Å². The summed E-state index contributed by atoms with van der Waals surface area (Å²) in [7, 11) is -6.75. The largest absolute Gasteiger partial charge is 1.00 e. The van der Waals surface area contributed by atoms with Crippen LogP contribution in [0.25, 0.3) is 9.30 Å². The molecule has 0 aliphatic rings. The first-order valence-corrected chi connectivity index (χ1v) is 18.9. The Balaban J connectivity index is -0.00000128. The topological polar surface area (TPSA) is 37.4 Å². The van der Waals surface area contributed by atoms with Gasteiger partial charge in [0.1, 0.15) is 0 Å². The Morgan fingerprint density at radius 2 is 0.842 bits per heavy atom. The zero-order chi connectivity index (χ0) is 14.1. The van der Waals surface area contributed by atoms with E-state index in [0.29, 0.717) is 0 Å². The van der Waals surface area contributed by atoms with Crippen molar-refractivity contribution in [3.05, 3.63) is 9.30 Å². The van der Waals surface area contributed by atoms with Gasteiger partial charge in [0.2, 0.25) is 0 Å². The summed E-state index contributed by atoms with van der Waals surface area (Å²) in [5, 5.41) is 0. The minimum absolute atomic E-state index is 0. The molecule has 3 nitrogen and oxygen atoms in total. The maximum Gasteiger partial charge on any atom is 1.00 e. The van der Waals surface area contributed by atoms with Crippen molar-refractivity contribution < 1.29 is 41.8 Å². The van der Waals surface area contributed by atoms with Crippen molar-refractivity contribution >= 4 is 33.4 Å². The van der Waals surface area contributed by atoms with Gasteiger partial charge in [-0.2, -0.15) is 0 Å². The molecule has 0 atom stereocenters. The van der Waals surface area contributed by atoms with Crippen molar-refractivity contribution in [2.75, 3.05) is 0 Å². The number of rotatable bonds is 6. The van der Waals surface area contributed by atoms with Gasteiger partial charge in [-0.05, 0) is 19.6 Å². The summed E-state index contributed by atoms with van der Waals surface area (Å²) in [4.78, 5) is 0. The van der Waals surface area contributed by atoms with Gasteiger partial charge in [-0.25, -0.2) is 0 Å². The van der Waals surface area contributed by atoms with E-state index in [0.717, 1.165) is 0 Å². The molecule has 9 heteroatoms. The van der Waals surface area contributed by atoms with Crippen LogP contribution in [0.3, 0.4) is 0 Å². The Hall–Kier alpha value is 1.94. The van der Waals surface area contributed by atoms with Crippen LogP contribution in [-0.2, 0) is 4.12 Å². The Bertz CT molecular complexity index is 221. The zero-order valence-corrected chi connectivity index (χ0v) is 19.3. The van der Waals surface area contributed by atoms with Crippen molar-refractivity contribution in [2.45, 2.75) is 65.5 Å². The van der Waals surface area contributed by atoms with Crippen LogP contribution in [0.1, 0.15) is 0 Å². The fraction of sp³-hybridized carbons (Fsp3) is 1.00. The van der Waals surface area contributed by atoms with Gasteiger partial charge in [0, 0.05) is 0 Å². The second-order valence-corrected chi connectivity index (χ2v) is 25.1. The molecule has 0 radical (unpaired) electrons. The van der Waals surface area contributed by atoms with Crippen LogP contribution in [0.2, 0.25) is 65.5 Å². The average molecular weight is 321 g/mol. The standard InChI is InChI=1S/C10H30N2OSi4.2Li/c1-14(2,3)11-17(10,12-15(4,5)6)13-16(7,8)9;;/h1-10H3;;/q-2;2*+1. The fourth-order valence-electron chi connectivity index (χ4n) is 1.90. The second kappa shape index (κ2) is 8.54. The van der Waals surface area contributed by atoms with Crippen LogP contribution in [0, 0.1) is 0 Å². The Labute approximate surface area is 149 Å². The van der Waals surface area contributed by atoms with Gasteiger partial charge in [0.05, 0.1) is 0 Å². The van der Waals surface area contributed by atoms with Gasteiger partial charge in [-0.3, -0.25) is 0 Å². The van der Waals surface area contributed by atoms with E-state index in [2.05, 4.69) is 65.5 Å². The molecule has 0 aliphatic carbocycles. The maximum atomic E-state index is 6.39. The summed E-state index contributed by atoms with van der Waals surface area (Å²) in [5.41, 5.74) is 0. The third kappa shape index (κ3) is 16.1. The van der Waals surface area contributed by atoms with E-state index in [1.54, 1.807) is 0 Å². The molecule has 0 heterocycles. The molecule has 0 saturated carbocycles. The molecule has 0 fully saturated rings. The van der Waals surface area contributed by atoms with Gasteiger partial charge < -0.3 is 13.4 Å². The van der Waals surface area contributed by atoms with E-state index in [1.807, 2.05) is 0 Å². The molecule has 0 rings (SSSR count). The Morgan fingerprint density at radius 3 is 1.00 bits per heavy atom. The number of hydrogen-bond donors (Lipinski definition) is 0. The Morgan fingerprint density at radius 1 is 0.579 bits per heavy atom. The van der Waals surface area contributed by atoms with E-state index in [4.69, 9.17) is 13.4 Å². The van der Waals surface area contributed by atoms with Crippen LogP contribution in [0.15, 0.2) is 0 Å². The maximum absolute atomic E-state index is 6.39. The molecular formula is C10H30Li2N2OSi4. The van der Waals surface area contributed by atoms with Gasteiger partial charge in [-0.1, -0.05) is 70.9 Å². The molecule has 0 aromatic carbocycles. The van der Waals surface area contributed by atoms with Gasteiger partial charge in [0.15, 0.2) is 8.32 Å². The van der Waals surface area contributed by atoms with E-state index in [9.17, 15) is 0 Å². The number of nitrogens with zero attached hydrogens (tertiary/aromatic N) is 2. The number of hydrogen-bond acceptors (Lipinski definition) is 1. The van der Waals surface area contributed by atoms with E-state index in [-0.39, 0.29) is 37.7 Å². The first kappa shape index (κ1) is 25.9. The summed E-state index contributed by atoms with van der Waals surface area (Å²) in [6, 6.07) is 0. The van der Waals surface area contributed by atoms with Crippen LogP contribution in [0.4, 0.5) is 0 Å². The van der Waals surface area contributed by atoms with E-state index in [1.165, 1.54) is 0 Å². The molecule has 104 valence electrons. The zero-order valence-electron chi connectivity index (χ0n) is 15.3. The molecule has 0 bridgehead atoms. The molecule has 19 heavy (non-hydrogen) atoms. The predicted octanol–water partition coefficient (Wildman–Crippen LogP) is -1.17. The fourth-order valence-corrected chi connectivity index (χ4v) is 18.3. The first-order chi connectivity index (χ1) is 7.12. The molecule has 0 aromatic rings. The van der Waals surface area contributed by atoms with Crippen molar-refractivity contribution in [1.29, 1.82) is 0 Å². The third-order valence-corrected chi connectivity index (χ3v) is 14.3. The summed E-state index contributed by atoms with van der Waals surface area (Å²) < 4.78 is 16.5. The summed E-state index contributed by atoms with van der Waals surface area (Å²) in [6.45, 7) is 22.5. The van der Waals surface area contributed by atoms with Crippen molar-refractivity contribution in [1.82, 2.24) is 0 Å². The second-order valence-electron chi connectivity index (χ2n) is 7.71. The minimum atomic E-state index is -2.22. The van der Waals surface area contributed by atoms with Gasteiger partial charge in [-0.15, -0.1) is 0 Å².